The standard InChI is InChI=1S/C26H36N2O5S/c1-2-3-4-5-6-7-8-9-18-32-26-19-23(14-17-25(26)33-20-21-10-11-21)28-27-22-12-15-24(16-13-22)34(29,30)31/h12-17,19,21H,2-11,18,20H2,1H3,(H,29,30,31). The topological polar surface area (TPSA) is 97.6 Å². The molecule has 2 aromatic carbocycles. The van der Waals surface area contributed by atoms with Gasteiger partial charge in [-0.25, -0.2) is 0 Å². The molecule has 3 rings (SSSR count). The average Bonchev–Trinajstić information content (AvgIpc) is 3.65. The van der Waals surface area contributed by atoms with E-state index >= 15 is 0 Å². The van der Waals surface area contributed by atoms with Gasteiger partial charge in [0.1, 0.15) is 0 Å². The maximum absolute atomic E-state index is 11.2. The van der Waals surface area contributed by atoms with Crippen molar-refractivity contribution in [3.8, 4) is 11.5 Å². The molecule has 7 nitrogen and oxygen atoms in total. The van der Waals surface area contributed by atoms with Gasteiger partial charge >= 0.3 is 0 Å². The van der Waals surface area contributed by atoms with Gasteiger partial charge in [-0.2, -0.15) is 18.6 Å². The molecule has 2 aromatic rings. The number of unbranched alkanes of at least 4 members (excludes halogenated alkanes) is 7. The van der Waals surface area contributed by atoms with E-state index in [0.717, 1.165) is 18.6 Å². The molecule has 0 radical (unpaired) electrons. The predicted octanol–water partition coefficient (Wildman–Crippen LogP) is 7.66. The number of benzene rings is 2. The molecule has 0 heterocycles. The minimum atomic E-state index is -4.23. The van der Waals surface area contributed by atoms with Crippen molar-refractivity contribution in [3.05, 3.63) is 42.5 Å². The van der Waals surface area contributed by atoms with Crippen molar-refractivity contribution in [3.63, 3.8) is 0 Å². The lowest BCUT2D eigenvalue weighted by Gasteiger charge is -2.13. The Balaban J connectivity index is 1.55. The number of nitrogens with zero attached hydrogens (tertiary/aromatic N) is 2. The Kier molecular flexibility index (Phi) is 10.3. The number of hydrogen-bond donors (Lipinski definition) is 1. The van der Waals surface area contributed by atoms with Gasteiger partial charge < -0.3 is 9.47 Å². The fourth-order valence-electron chi connectivity index (χ4n) is 3.50. The molecule has 0 spiro atoms. The molecule has 34 heavy (non-hydrogen) atoms. The monoisotopic (exact) mass is 488 g/mol. The maximum atomic E-state index is 11.2. The highest BCUT2D eigenvalue weighted by Gasteiger charge is 2.22. The molecule has 1 fully saturated rings. The fourth-order valence-corrected chi connectivity index (χ4v) is 3.98. The van der Waals surface area contributed by atoms with Crippen LogP contribution in [0.3, 0.4) is 0 Å². The van der Waals surface area contributed by atoms with E-state index in [1.807, 2.05) is 18.2 Å². The van der Waals surface area contributed by atoms with Gasteiger partial charge in [-0.1, -0.05) is 51.9 Å². The first-order valence-corrected chi connectivity index (χ1v) is 13.8. The van der Waals surface area contributed by atoms with Crippen molar-refractivity contribution in [2.45, 2.75) is 76.0 Å². The number of rotatable bonds is 16. The Morgan fingerprint density at radius 2 is 1.44 bits per heavy atom. The first-order valence-electron chi connectivity index (χ1n) is 12.3. The van der Waals surface area contributed by atoms with Crippen LogP contribution in [-0.2, 0) is 10.1 Å². The molecular formula is C26H36N2O5S. The highest BCUT2D eigenvalue weighted by atomic mass is 32.2. The Morgan fingerprint density at radius 3 is 2.09 bits per heavy atom. The highest BCUT2D eigenvalue weighted by molar-refractivity contribution is 7.85. The molecule has 1 aliphatic rings. The van der Waals surface area contributed by atoms with Gasteiger partial charge in [-0.05, 0) is 61.6 Å². The summed E-state index contributed by atoms with van der Waals surface area (Å²) < 4.78 is 43.5. The quantitative estimate of drug-likeness (QED) is 0.149. The molecule has 0 bridgehead atoms. The zero-order valence-electron chi connectivity index (χ0n) is 20.0. The summed E-state index contributed by atoms with van der Waals surface area (Å²) in [6.45, 7) is 3.57. The Morgan fingerprint density at radius 1 is 0.824 bits per heavy atom. The molecule has 0 aromatic heterocycles. The van der Waals surface area contributed by atoms with Gasteiger partial charge in [0.15, 0.2) is 11.5 Å². The molecule has 8 heteroatoms. The molecule has 186 valence electrons. The van der Waals surface area contributed by atoms with Crippen molar-refractivity contribution >= 4 is 21.5 Å². The summed E-state index contributed by atoms with van der Waals surface area (Å²) >= 11 is 0. The third-order valence-corrected chi connectivity index (χ3v) is 6.64. The van der Waals surface area contributed by atoms with Crippen LogP contribution in [-0.4, -0.2) is 26.2 Å². The van der Waals surface area contributed by atoms with Crippen LogP contribution in [0.5, 0.6) is 11.5 Å². The van der Waals surface area contributed by atoms with Crippen molar-refractivity contribution < 1.29 is 22.4 Å². The van der Waals surface area contributed by atoms with Crippen LogP contribution in [0.25, 0.3) is 0 Å². The number of ether oxygens (including phenoxy) is 2. The summed E-state index contributed by atoms with van der Waals surface area (Å²) in [4.78, 5) is -0.180. The Hall–Kier alpha value is -2.45. The third kappa shape index (κ3) is 9.43. The lowest BCUT2D eigenvalue weighted by atomic mass is 10.1. The average molecular weight is 489 g/mol. The fraction of sp³-hybridized carbons (Fsp3) is 0.538. The minimum Gasteiger partial charge on any atom is -0.490 e. The van der Waals surface area contributed by atoms with Crippen LogP contribution in [0, 0.1) is 5.92 Å². The minimum absolute atomic E-state index is 0.180. The molecule has 0 atom stereocenters. The number of azo groups is 1. The smallest absolute Gasteiger partial charge is 0.294 e. The molecule has 0 unspecified atom stereocenters. The van der Waals surface area contributed by atoms with E-state index in [1.54, 1.807) is 0 Å². The van der Waals surface area contributed by atoms with E-state index in [9.17, 15) is 8.42 Å². The zero-order chi connectivity index (χ0) is 24.2. The lowest BCUT2D eigenvalue weighted by molar-refractivity contribution is 0.256. The largest absolute Gasteiger partial charge is 0.490 e. The summed E-state index contributed by atoms with van der Waals surface area (Å²) in [6.07, 6.45) is 12.4. The van der Waals surface area contributed by atoms with Gasteiger partial charge in [-0.3, -0.25) is 4.55 Å². The Bertz CT molecular complexity index is 1020. The molecule has 1 saturated carbocycles. The van der Waals surface area contributed by atoms with Crippen molar-refractivity contribution in [1.82, 2.24) is 0 Å². The summed E-state index contributed by atoms with van der Waals surface area (Å²) in [5, 5.41) is 8.41. The van der Waals surface area contributed by atoms with E-state index in [0.29, 0.717) is 36.3 Å². The van der Waals surface area contributed by atoms with Crippen LogP contribution < -0.4 is 9.47 Å². The number of hydrogen-bond acceptors (Lipinski definition) is 6. The molecule has 1 N–H and O–H groups in total. The second-order valence-corrected chi connectivity index (χ2v) is 10.3. The van der Waals surface area contributed by atoms with Crippen LogP contribution >= 0.6 is 0 Å². The van der Waals surface area contributed by atoms with E-state index < -0.39 is 10.1 Å². The Labute approximate surface area is 203 Å². The van der Waals surface area contributed by atoms with Gasteiger partial charge in [0.25, 0.3) is 10.1 Å². The maximum Gasteiger partial charge on any atom is 0.294 e. The zero-order valence-corrected chi connectivity index (χ0v) is 20.8. The summed E-state index contributed by atoms with van der Waals surface area (Å²) in [7, 11) is -4.23. The van der Waals surface area contributed by atoms with Gasteiger partial charge in [0.2, 0.25) is 0 Å². The van der Waals surface area contributed by atoms with E-state index in [1.165, 1.54) is 75.6 Å². The van der Waals surface area contributed by atoms with Gasteiger partial charge in [0, 0.05) is 6.07 Å². The molecule has 0 aliphatic heterocycles. The van der Waals surface area contributed by atoms with Gasteiger partial charge in [0.05, 0.1) is 29.5 Å². The van der Waals surface area contributed by atoms with E-state index in [4.69, 9.17) is 14.0 Å². The van der Waals surface area contributed by atoms with Crippen molar-refractivity contribution in [2.24, 2.45) is 16.1 Å². The van der Waals surface area contributed by atoms with Crippen LogP contribution in [0.4, 0.5) is 11.4 Å². The second-order valence-electron chi connectivity index (χ2n) is 8.88. The molecular weight excluding hydrogens is 452 g/mol. The van der Waals surface area contributed by atoms with Gasteiger partial charge in [-0.15, -0.1) is 0 Å². The first kappa shape index (κ1) is 26.2. The summed E-state index contributed by atoms with van der Waals surface area (Å²) in [5.74, 6) is 2.04. The second kappa shape index (κ2) is 13.4. The summed E-state index contributed by atoms with van der Waals surface area (Å²) in [5.41, 5.74) is 1.09. The van der Waals surface area contributed by atoms with Crippen LogP contribution in [0.15, 0.2) is 57.6 Å². The van der Waals surface area contributed by atoms with Crippen LogP contribution in [0.1, 0.15) is 71.1 Å². The highest BCUT2D eigenvalue weighted by Crippen LogP contribution is 2.35. The van der Waals surface area contributed by atoms with Crippen molar-refractivity contribution in [2.75, 3.05) is 13.2 Å². The molecule has 0 amide bonds. The van der Waals surface area contributed by atoms with Crippen LogP contribution in [0.2, 0.25) is 0 Å². The van der Waals surface area contributed by atoms with Crippen molar-refractivity contribution in [1.29, 1.82) is 0 Å². The SMILES string of the molecule is CCCCCCCCCCOc1cc(N=Nc2ccc(S(=O)(=O)O)cc2)ccc1OCC1CC1. The predicted molar refractivity (Wildman–Crippen MR) is 133 cm³/mol. The summed E-state index contributed by atoms with van der Waals surface area (Å²) in [6, 6.07) is 11.1. The third-order valence-electron chi connectivity index (χ3n) is 5.77. The first-order chi connectivity index (χ1) is 16.5. The molecule has 0 saturated heterocycles. The van der Waals surface area contributed by atoms with E-state index in [-0.39, 0.29) is 4.90 Å². The normalized spacial score (nSPS) is 13.9. The lowest BCUT2D eigenvalue weighted by Crippen LogP contribution is -2.03. The van der Waals surface area contributed by atoms with E-state index in [2.05, 4.69) is 17.2 Å². The molecule has 1 aliphatic carbocycles.